The summed E-state index contributed by atoms with van der Waals surface area (Å²) in [5.74, 6) is -1.86. The second-order valence-electron chi connectivity index (χ2n) is 11.6. The molecule has 3 N–H and O–H groups in total. The van der Waals surface area contributed by atoms with E-state index in [2.05, 4.69) is 6.92 Å². The molecule has 0 aromatic carbocycles. The van der Waals surface area contributed by atoms with E-state index in [0.717, 1.165) is 19.3 Å². The van der Waals surface area contributed by atoms with Gasteiger partial charge in [-0.25, -0.2) is 0 Å². The van der Waals surface area contributed by atoms with Gasteiger partial charge in [-0.2, -0.15) is 8.42 Å². The molecule has 0 radical (unpaired) electrons. The van der Waals surface area contributed by atoms with E-state index in [1.807, 2.05) is 21.0 Å². The third-order valence-corrected chi connectivity index (χ3v) is 9.35. The molecule has 0 aliphatic carbocycles. The lowest BCUT2D eigenvalue weighted by Crippen LogP contribution is -2.75. The number of nitrogens with zero attached hydrogens (tertiary/aromatic N) is 1. The molecule has 0 aliphatic rings. The normalized spacial score (nSPS) is 16.0. The summed E-state index contributed by atoms with van der Waals surface area (Å²) in [6.07, 6.45) is 21.7. The Labute approximate surface area is 222 Å². The highest BCUT2D eigenvalue weighted by molar-refractivity contribution is 7.85. The minimum Gasteiger partial charge on any atom is -0.544 e. The Kier molecular flexibility index (Phi) is 18.2. The monoisotopic (exact) mass is 534 g/mol. The molecule has 3 unspecified atom stereocenters. The Morgan fingerprint density at radius 2 is 1.19 bits per heavy atom. The van der Waals surface area contributed by atoms with Crippen molar-refractivity contribution in [2.75, 3.05) is 19.8 Å². The molecule has 0 bridgehead atoms. The molecule has 0 rings (SSSR count). The average molecular weight is 535 g/mol. The van der Waals surface area contributed by atoms with Crippen LogP contribution in [0.4, 0.5) is 0 Å². The highest BCUT2D eigenvalue weighted by Crippen LogP contribution is 2.31. The summed E-state index contributed by atoms with van der Waals surface area (Å²) in [7, 11) is -0.570. The van der Waals surface area contributed by atoms with E-state index in [-0.39, 0.29) is 16.9 Å². The van der Waals surface area contributed by atoms with Gasteiger partial charge in [0.2, 0.25) is 0 Å². The lowest BCUT2D eigenvalue weighted by molar-refractivity contribution is -0.954. The van der Waals surface area contributed by atoms with Crippen LogP contribution in [-0.2, 0) is 14.9 Å². The van der Waals surface area contributed by atoms with E-state index in [9.17, 15) is 18.3 Å². The fraction of sp³-hybridized carbons (Fsp3) is 0.964. The minimum absolute atomic E-state index is 0.0105. The summed E-state index contributed by atoms with van der Waals surface area (Å²) in [4.78, 5) is 12.1. The lowest BCUT2D eigenvalue weighted by Gasteiger charge is -2.53. The van der Waals surface area contributed by atoms with Crippen molar-refractivity contribution in [2.45, 2.75) is 154 Å². The molecule has 0 saturated heterocycles. The van der Waals surface area contributed by atoms with E-state index in [1.165, 1.54) is 96.8 Å². The predicted molar refractivity (Wildman–Crippen MR) is 148 cm³/mol. The molecule has 0 spiro atoms. The molecule has 3 atom stereocenters. The Morgan fingerprint density at radius 1 is 0.833 bits per heavy atom. The highest BCUT2D eigenvalue weighted by Gasteiger charge is 2.50. The molecule has 0 aliphatic heterocycles. The fourth-order valence-corrected chi connectivity index (χ4v) is 5.69. The number of aliphatic carboxylic acids is 1. The van der Waals surface area contributed by atoms with E-state index in [4.69, 9.17) is 10.3 Å². The van der Waals surface area contributed by atoms with Crippen molar-refractivity contribution in [2.24, 2.45) is 5.73 Å². The second kappa shape index (κ2) is 18.5. The smallest absolute Gasteiger partial charge is 0.264 e. The van der Waals surface area contributed by atoms with Gasteiger partial charge in [0.15, 0.2) is 5.54 Å². The Bertz CT molecular complexity index is 683. The summed E-state index contributed by atoms with van der Waals surface area (Å²) in [6.45, 7) is 5.81. The number of unbranched alkanes of at least 4 members (excludes halogenated alkanes) is 15. The predicted octanol–water partition coefficient (Wildman–Crippen LogP) is 5.22. The van der Waals surface area contributed by atoms with Crippen LogP contribution in [0.15, 0.2) is 0 Å². The number of carboxylic acid groups (broad SMARTS) is 1. The lowest BCUT2D eigenvalue weighted by atomic mass is 9.84. The molecule has 0 amide bonds. The van der Waals surface area contributed by atoms with Crippen LogP contribution in [0.25, 0.3) is 0 Å². The molecule has 0 fully saturated rings. The van der Waals surface area contributed by atoms with Crippen LogP contribution in [0.5, 0.6) is 0 Å². The van der Waals surface area contributed by atoms with Gasteiger partial charge < -0.3 is 20.1 Å². The van der Waals surface area contributed by atoms with Gasteiger partial charge in [0, 0.05) is 0 Å². The van der Waals surface area contributed by atoms with Crippen LogP contribution in [0.3, 0.4) is 0 Å². The van der Waals surface area contributed by atoms with E-state index < -0.39 is 33.4 Å². The number of carbonyl (C=O) groups excluding carboxylic acids is 1. The number of carbonyl (C=O) groups is 1. The fourth-order valence-electron chi connectivity index (χ4n) is 5.14. The number of hydrogen-bond acceptors (Lipinski definition) is 5. The summed E-state index contributed by atoms with van der Waals surface area (Å²) in [5, 5.41) is 12.1. The van der Waals surface area contributed by atoms with Crippen molar-refractivity contribution in [3.05, 3.63) is 0 Å². The van der Waals surface area contributed by atoms with Crippen LogP contribution < -0.4 is 10.8 Å². The topological polar surface area (TPSA) is 121 Å². The Balaban J connectivity index is 4.13. The molecule has 0 aromatic heterocycles. The molecule has 36 heavy (non-hydrogen) atoms. The highest BCUT2D eigenvalue weighted by atomic mass is 32.2. The average Bonchev–Trinajstić information content (AvgIpc) is 2.80. The van der Waals surface area contributed by atoms with Gasteiger partial charge in [0.1, 0.15) is 5.97 Å². The second-order valence-corrected chi connectivity index (χ2v) is 13.2. The Morgan fingerprint density at radius 3 is 1.53 bits per heavy atom. The zero-order valence-corrected chi connectivity index (χ0v) is 24.9. The van der Waals surface area contributed by atoms with E-state index >= 15 is 0 Å². The zero-order valence-electron chi connectivity index (χ0n) is 24.1. The van der Waals surface area contributed by atoms with Crippen molar-refractivity contribution in [3.63, 3.8) is 0 Å². The zero-order chi connectivity index (χ0) is 27.7. The first-order valence-electron chi connectivity index (χ1n) is 14.6. The molecule has 216 valence electrons. The van der Waals surface area contributed by atoms with Gasteiger partial charge >= 0.3 is 0 Å². The summed E-state index contributed by atoms with van der Waals surface area (Å²) < 4.78 is 31.4. The number of rotatable bonds is 24. The number of nitrogens with two attached hydrogens (primary N) is 1. The molecular weight excluding hydrogens is 476 g/mol. The van der Waals surface area contributed by atoms with Gasteiger partial charge in [-0.1, -0.05) is 103 Å². The van der Waals surface area contributed by atoms with Crippen LogP contribution in [0.1, 0.15) is 136 Å². The summed E-state index contributed by atoms with van der Waals surface area (Å²) in [6, 6.07) is -0.955. The largest absolute Gasteiger partial charge is 0.544 e. The van der Waals surface area contributed by atoms with E-state index in [1.54, 1.807) is 0 Å². The van der Waals surface area contributed by atoms with Gasteiger partial charge in [-0.05, 0) is 33.1 Å². The van der Waals surface area contributed by atoms with Crippen molar-refractivity contribution in [3.8, 4) is 0 Å². The van der Waals surface area contributed by atoms with Crippen LogP contribution in [-0.4, -0.2) is 60.9 Å². The molecular formula is C28H58N2O5S. The van der Waals surface area contributed by atoms with Crippen LogP contribution in [0, 0.1) is 0 Å². The van der Waals surface area contributed by atoms with Crippen LogP contribution >= 0.6 is 0 Å². The first kappa shape index (κ1) is 35.3. The molecule has 8 heteroatoms. The number of carboxylic acids is 1. The van der Waals surface area contributed by atoms with Crippen molar-refractivity contribution in [1.82, 2.24) is 0 Å². The minimum atomic E-state index is -4.21. The van der Waals surface area contributed by atoms with Gasteiger partial charge in [-0.15, -0.1) is 0 Å². The van der Waals surface area contributed by atoms with Crippen molar-refractivity contribution < 1.29 is 27.4 Å². The van der Waals surface area contributed by atoms with Gasteiger partial charge in [0.05, 0.1) is 31.9 Å². The number of hydrogen-bond donors (Lipinski definition) is 2. The molecule has 0 saturated carbocycles. The molecule has 0 heterocycles. The maximum atomic E-state index is 12.1. The maximum Gasteiger partial charge on any atom is 0.264 e. The maximum absolute atomic E-state index is 12.1. The molecule has 0 aromatic rings. The molecule has 7 nitrogen and oxygen atoms in total. The number of quaternary nitrogens is 1. The van der Waals surface area contributed by atoms with Gasteiger partial charge in [0.25, 0.3) is 10.1 Å². The van der Waals surface area contributed by atoms with Crippen molar-refractivity contribution in [1.29, 1.82) is 0 Å². The SMILES string of the molecule is CCCCCCCCCCCCCCCCCCC(C)[N+](C)(C)C(C)(C(=O)[O-])C(N)CCS(=O)(=O)O. The van der Waals surface area contributed by atoms with Crippen LogP contribution in [0.2, 0.25) is 0 Å². The van der Waals surface area contributed by atoms with Crippen molar-refractivity contribution >= 4 is 16.1 Å². The first-order chi connectivity index (χ1) is 16.8. The third-order valence-electron chi connectivity index (χ3n) is 8.60. The third kappa shape index (κ3) is 13.7. The quantitative estimate of drug-likeness (QED) is 0.0995. The van der Waals surface area contributed by atoms with E-state index in [0.29, 0.717) is 0 Å². The van der Waals surface area contributed by atoms with Gasteiger partial charge in [-0.3, -0.25) is 4.55 Å². The standard InChI is InChI=1S/C28H58N2O5S/c1-6-7-8-9-10-11-12-13-14-15-16-17-18-19-20-21-22-25(2)30(4,5)28(3,27(31)32)26(29)23-24-36(33,34)35/h25-26H,6-24,29H2,1-5H3,(H-,31,32,33,34,35). The Hall–Kier alpha value is -0.700. The summed E-state index contributed by atoms with van der Waals surface area (Å²) >= 11 is 0. The number of likely N-dealkylation sites (N-methyl/N-ethyl adjacent to an activating group) is 1. The first-order valence-corrected chi connectivity index (χ1v) is 16.2. The summed E-state index contributed by atoms with van der Waals surface area (Å²) in [5.41, 5.74) is 4.69.